The fourth-order valence-corrected chi connectivity index (χ4v) is 2.52. The molecular weight excluding hydrogens is 206 g/mol. The standard InChI is InChI=1S/C11H21N3S/c1-7(12)5-6-13-8(2)11-9(3)14-10(4)15-11/h7-8,13H,5-6,12H2,1-4H3. The molecular formula is C11H21N3S. The number of nitrogens with zero attached hydrogens (tertiary/aromatic N) is 1. The fourth-order valence-electron chi connectivity index (χ4n) is 1.57. The average molecular weight is 227 g/mol. The van der Waals surface area contributed by atoms with Crippen molar-refractivity contribution in [3.05, 3.63) is 15.6 Å². The van der Waals surface area contributed by atoms with Gasteiger partial charge < -0.3 is 11.1 Å². The Bertz CT molecular complexity index is 307. The molecule has 15 heavy (non-hydrogen) atoms. The van der Waals surface area contributed by atoms with Crippen LogP contribution in [0.15, 0.2) is 0 Å². The summed E-state index contributed by atoms with van der Waals surface area (Å²) in [4.78, 5) is 5.77. The number of rotatable bonds is 5. The molecule has 0 aliphatic heterocycles. The fraction of sp³-hybridized carbons (Fsp3) is 0.727. The highest BCUT2D eigenvalue weighted by Gasteiger charge is 2.11. The zero-order chi connectivity index (χ0) is 11.4. The lowest BCUT2D eigenvalue weighted by atomic mass is 10.2. The number of hydrogen-bond donors (Lipinski definition) is 2. The number of nitrogens with two attached hydrogens (primary N) is 1. The first kappa shape index (κ1) is 12.6. The highest BCUT2D eigenvalue weighted by Crippen LogP contribution is 2.24. The average Bonchev–Trinajstić information content (AvgIpc) is 2.44. The van der Waals surface area contributed by atoms with Crippen LogP contribution in [-0.4, -0.2) is 17.6 Å². The Morgan fingerprint density at radius 2 is 2.07 bits per heavy atom. The molecule has 0 radical (unpaired) electrons. The van der Waals surface area contributed by atoms with Crippen LogP contribution in [0.5, 0.6) is 0 Å². The highest BCUT2D eigenvalue weighted by atomic mass is 32.1. The molecule has 2 atom stereocenters. The molecule has 0 saturated carbocycles. The summed E-state index contributed by atoms with van der Waals surface area (Å²) >= 11 is 1.78. The Kier molecular flexibility index (Phi) is 4.70. The molecule has 0 aromatic carbocycles. The molecule has 1 rings (SSSR count). The second kappa shape index (κ2) is 5.58. The third kappa shape index (κ3) is 3.89. The Labute approximate surface area is 96.1 Å². The minimum Gasteiger partial charge on any atom is -0.328 e. The molecule has 0 aliphatic carbocycles. The Morgan fingerprint density at radius 1 is 1.40 bits per heavy atom. The Hall–Kier alpha value is -0.450. The van der Waals surface area contributed by atoms with Crippen LogP contribution in [0.25, 0.3) is 0 Å². The van der Waals surface area contributed by atoms with E-state index in [0.717, 1.165) is 23.7 Å². The van der Waals surface area contributed by atoms with Gasteiger partial charge in [0.1, 0.15) is 0 Å². The maximum Gasteiger partial charge on any atom is 0.0900 e. The van der Waals surface area contributed by atoms with Crippen molar-refractivity contribution in [2.75, 3.05) is 6.54 Å². The van der Waals surface area contributed by atoms with Crippen LogP contribution in [-0.2, 0) is 0 Å². The Balaban J connectivity index is 2.46. The molecule has 0 spiro atoms. The number of thiazole rings is 1. The van der Waals surface area contributed by atoms with Crippen LogP contribution in [0.4, 0.5) is 0 Å². The summed E-state index contributed by atoms with van der Waals surface area (Å²) in [7, 11) is 0. The first-order valence-electron chi connectivity index (χ1n) is 5.43. The van der Waals surface area contributed by atoms with E-state index in [1.165, 1.54) is 4.88 Å². The van der Waals surface area contributed by atoms with Crippen LogP contribution in [0.1, 0.15) is 41.9 Å². The second-order valence-corrected chi connectivity index (χ2v) is 5.36. The minimum atomic E-state index is 0.272. The van der Waals surface area contributed by atoms with E-state index in [9.17, 15) is 0 Å². The molecule has 0 saturated heterocycles. The van der Waals surface area contributed by atoms with Gasteiger partial charge in [-0.05, 0) is 40.7 Å². The molecule has 3 nitrogen and oxygen atoms in total. The largest absolute Gasteiger partial charge is 0.328 e. The summed E-state index contributed by atoms with van der Waals surface area (Å²) in [6.07, 6.45) is 1.02. The normalized spacial score (nSPS) is 15.3. The maximum atomic E-state index is 5.70. The minimum absolute atomic E-state index is 0.272. The highest BCUT2D eigenvalue weighted by molar-refractivity contribution is 7.11. The smallest absolute Gasteiger partial charge is 0.0900 e. The third-order valence-electron chi connectivity index (χ3n) is 2.38. The van der Waals surface area contributed by atoms with Crippen LogP contribution >= 0.6 is 11.3 Å². The number of aromatic nitrogens is 1. The van der Waals surface area contributed by atoms with E-state index in [0.29, 0.717) is 6.04 Å². The molecule has 1 aromatic rings. The molecule has 86 valence electrons. The zero-order valence-corrected chi connectivity index (χ0v) is 10.8. The lowest BCUT2D eigenvalue weighted by molar-refractivity contribution is 0.532. The molecule has 0 aliphatic rings. The predicted octanol–water partition coefficient (Wildman–Crippen LogP) is 2.15. The number of nitrogens with one attached hydrogen (secondary N) is 1. The predicted molar refractivity (Wildman–Crippen MR) is 66.3 cm³/mol. The van der Waals surface area contributed by atoms with Gasteiger partial charge in [-0.25, -0.2) is 4.98 Å². The van der Waals surface area contributed by atoms with E-state index in [2.05, 4.69) is 31.1 Å². The van der Waals surface area contributed by atoms with Crippen LogP contribution in [0, 0.1) is 13.8 Å². The van der Waals surface area contributed by atoms with Gasteiger partial charge in [-0.1, -0.05) is 0 Å². The van der Waals surface area contributed by atoms with Crippen molar-refractivity contribution in [2.24, 2.45) is 5.73 Å². The van der Waals surface area contributed by atoms with Gasteiger partial charge in [0.15, 0.2) is 0 Å². The van der Waals surface area contributed by atoms with E-state index in [-0.39, 0.29) is 6.04 Å². The van der Waals surface area contributed by atoms with Crippen LogP contribution in [0.2, 0.25) is 0 Å². The van der Waals surface area contributed by atoms with Gasteiger partial charge in [-0.3, -0.25) is 0 Å². The summed E-state index contributed by atoms with van der Waals surface area (Å²) in [5, 5.41) is 4.62. The van der Waals surface area contributed by atoms with E-state index in [4.69, 9.17) is 5.73 Å². The summed E-state index contributed by atoms with van der Waals surface area (Å²) < 4.78 is 0. The van der Waals surface area contributed by atoms with E-state index >= 15 is 0 Å². The summed E-state index contributed by atoms with van der Waals surface area (Å²) in [6.45, 7) is 9.31. The number of aryl methyl sites for hydroxylation is 2. The lowest BCUT2D eigenvalue weighted by Gasteiger charge is -2.13. The summed E-state index contributed by atoms with van der Waals surface area (Å²) in [6, 6.07) is 0.656. The molecule has 1 heterocycles. The summed E-state index contributed by atoms with van der Waals surface area (Å²) in [5.74, 6) is 0. The molecule has 4 heteroatoms. The second-order valence-electron chi connectivity index (χ2n) is 4.12. The van der Waals surface area contributed by atoms with Gasteiger partial charge in [0.05, 0.1) is 10.7 Å². The van der Waals surface area contributed by atoms with Gasteiger partial charge >= 0.3 is 0 Å². The van der Waals surface area contributed by atoms with Crippen molar-refractivity contribution < 1.29 is 0 Å². The SMILES string of the molecule is Cc1nc(C)c(C(C)NCCC(C)N)s1. The monoisotopic (exact) mass is 227 g/mol. The van der Waals surface area contributed by atoms with Crippen molar-refractivity contribution in [3.8, 4) is 0 Å². The van der Waals surface area contributed by atoms with Gasteiger partial charge in [0, 0.05) is 17.0 Å². The van der Waals surface area contributed by atoms with Crippen molar-refractivity contribution >= 4 is 11.3 Å². The van der Waals surface area contributed by atoms with Crippen LogP contribution < -0.4 is 11.1 Å². The third-order valence-corrected chi connectivity index (χ3v) is 3.64. The van der Waals surface area contributed by atoms with Crippen molar-refractivity contribution in [3.63, 3.8) is 0 Å². The van der Waals surface area contributed by atoms with Crippen LogP contribution in [0.3, 0.4) is 0 Å². The maximum absolute atomic E-state index is 5.70. The van der Waals surface area contributed by atoms with Gasteiger partial charge in [-0.2, -0.15) is 0 Å². The molecule has 2 unspecified atom stereocenters. The lowest BCUT2D eigenvalue weighted by Crippen LogP contribution is -2.25. The van der Waals surface area contributed by atoms with Crippen molar-refractivity contribution in [1.82, 2.24) is 10.3 Å². The number of hydrogen-bond acceptors (Lipinski definition) is 4. The van der Waals surface area contributed by atoms with Gasteiger partial charge in [-0.15, -0.1) is 11.3 Å². The van der Waals surface area contributed by atoms with E-state index in [1.807, 2.05) is 6.92 Å². The topological polar surface area (TPSA) is 50.9 Å². The summed E-state index contributed by atoms with van der Waals surface area (Å²) in [5.41, 5.74) is 6.85. The Morgan fingerprint density at radius 3 is 2.53 bits per heavy atom. The quantitative estimate of drug-likeness (QED) is 0.810. The molecule has 1 aromatic heterocycles. The van der Waals surface area contributed by atoms with E-state index < -0.39 is 0 Å². The molecule has 0 amide bonds. The van der Waals surface area contributed by atoms with Crippen molar-refractivity contribution in [2.45, 2.75) is 46.2 Å². The first-order valence-corrected chi connectivity index (χ1v) is 6.25. The molecule has 3 N–H and O–H groups in total. The zero-order valence-electron chi connectivity index (χ0n) is 10.0. The first-order chi connectivity index (χ1) is 7.00. The van der Waals surface area contributed by atoms with E-state index in [1.54, 1.807) is 11.3 Å². The van der Waals surface area contributed by atoms with Crippen molar-refractivity contribution in [1.29, 1.82) is 0 Å². The van der Waals surface area contributed by atoms with Gasteiger partial charge in [0.25, 0.3) is 0 Å². The van der Waals surface area contributed by atoms with Gasteiger partial charge in [0.2, 0.25) is 0 Å². The molecule has 0 bridgehead atoms. The molecule has 0 fully saturated rings.